The average Bonchev–Trinajstić information content (AvgIpc) is 2.51. The Morgan fingerprint density at radius 3 is 2.62 bits per heavy atom. The molecule has 0 aliphatic rings. The van der Waals surface area contributed by atoms with Crippen LogP contribution in [0.3, 0.4) is 0 Å². The lowest BCUT2D eigenvalue weighted by Gasteiger charge is -2.06. The van der Waals surface area contributed by atoms with Crippen molar-refractivity contribution in [1.29, 1.82) is 0 Å². The summed E-state index contributed by atoms with van der Waals surface area (Å²) in [5, 5.41) is 12.6. The second kappa shape index (κ2) is 5.84. The van der Waals surface area contributed by atoms with Crippen LogP contribution in [0.25, 0.3) is 10.8 Å². The molecule has 0 fully saturated rings. The van der Waals surface area contributed by atoms with E-state index in [2.05, 4.69) is 25.9 Å². The zero-order valence-electron chi connectivity index (χ0n) is 10.8. The van der Waals surface area contributed by atoms with Gasteiger partial charge in [0, 0.05) is 27.8 Å². The number of phenolic OH excluding ortho intramolecular Hbond substituents is 1. The first-order chi connectivity index (χ1) is 10.1. The fraction of sp³-hybridized carbons (Fsp3) is 0. The van der Waals surface area contributed by atoms with E-state index in [1.165, 1.54) is 6.20 Å². The van der Waals surface area contributed by atoms with Crippen molar-refractivity contribution in [2.24, 2.45) is 4.99 Å². The second-order valence-corrected chi connectivity index (χ2v) is 5.73. The van der Waals surface area contributed by atoms with Crippen LogP contribution in [0.1, 0.15) is 5.56 Å². The van der Waals surface area contributed by atoms with E-state index in [0.717, 1.165) is 15.2 Å². The molecule has 3 aromatic rings. The predicted molar refractivity (Wildman–Crippen MR) is 89.8 cm³/mol. The number of hydrogen-bond donors (Lipinski definition) is 1. The first-order valence-corrected chi connectivity index (χ1v) is 7.38. The monoisotopic (exact) mass is 360 g/mol. The molecule has 0 saturated carbocycles. The van der Waals surface area contributed by atoms with Crippen molar-refractivity contribution < 1.29 is 5.11 Å². The maximum absolute atomic E-state index is 10.3. The first-order valence-electron chi connectivity index (χ1n) is 6.21. The number of fused-ring (bicyclic) bond motifs is 1. The largest absolute Gasteiger partial charge is 0.507 e. The van der Waals surface area contributed by atoms with E-state index in [1.807, 2.05) is 30.3 Å². The number of phenols is 1. The van der Waals surface area contributed by atoms with Gasteiger partial charge in [-0.15, -0.1) is 0 Å². The van der Waals surface area contributed by atoms with Gasteiger partial charge in [0.15, 0.2) is 5.82 Å². The van der Waals surface area contributed by atoms with Crippen molar-refractivity contribution in [3.63, 3.8) is 0 Å². The number of pyridine rings is 1. The zero-order valence-corrected chi connectivity index (χ0v) is 13.1. The van der Waals surface area contributed by atoms with Crippen molar-refractivity contribution in [3.05, 3.63) is 63.7 Å². The van der Waals surface area contributed by atoms with Crippen LogP contribution < -0.4 is 0 Å². The van der Waals surface area contributed by atoms with Gasteiger partial charge in [-0.1, -0.05) is 51.8 Å². The molecule has 104 valence electrons. The first kappa shape index (κ1) is 14.0. The number of nitrogens with zero attached hydrogens (tertiary/aromatic N) is 2. The summed E-state index contributed by atoms with van der Waals surface area (Å²) in [4.78, 5) is 8.34. The number of hydrogen-bond acceptors (Lipinski definition) is 3. The SMILES string of the molecule is Oc1c(C=Nc2ccc(Cl)cn2)cc(Br)c2ccccc12. The van der Waals surface area contributed by atoms with Crippen molar-refractivity contribution in [1.82, 2.24) is 4.98 Å². The van der Waals surface area contributed by atoms with Crippen LogP contribution in [0.5, 0.6) is 5.75 Å². The van der Waals surface area contributed by atoms with Crippen LogP contribution in [-0.2, 0) is 0 Å². The Morgan fingerprint density at radius 2 is 1.90 bits per heavy atom. The summed E-state index contributed by atoms with van der Waals surface area (Å²) in [5.74, 6) is 0.731. The average molecular weight is 362 g/mol. The minimum absolute atomic E-state index is 0.200. The maximum atomic E-state index is 10.3. The van der Waals surface area contributed by atoms with Crippen molar-refractivity contribution in [3.8, 4) is 5.75 Å². The summed E-state index contributed by atoms with van der Waals surface area (Å²) >= 11 is 9.29. The highest BCUT2D eigenvalue weighted by atomic mass is 79.9. The Hall–Kier alpha value is -1.91. The van der Waals surface area contributed by atoms with Gasteiger partial charge in [-0.2, -0.15) is 0 Å². The van der Waals surface area contributed by atoms with Crippen molar-refractivity contribution in [2.45, 2.75) is 0 Å². The third kappa shape index (κ3) is 2.91. The molecule has 0 bridgehead atoms. The fourth-order valence-corrected chi connectivity index (χ4v) is 2.72. The van der Waals surface area contributed by atoms with Gasteiger partial charge >= 0.3 is 0 Å². The lowest BCUT2D eigenvalue weighted by atomic mass is 10.1. The predicted octanol–water partition coefficient (Wildman–Crippen LogP) is 5.11. The summed E-state index contributed by atoms with van der Waals surface area (Å²) in [6, 6.07) is 12.9. The Balaban J connectivity index is 2.04. The summed E-state index contributed by atoms with van der Waals surface area (Å²) in [7, 11) is 0. The summed E-state index contributed by atoms with van der Waals surface area (Å²) in [6.45, 7) is 0. The molecule has 0 amide bonds. The summed E-state index contributed by atoms with van der Waals surface area (Å²) < 4.78 is 0.904. The molecule has 0 unspecified atom stereocenters. The Labute approximate surface area is 135 Å². The molecular weight excluding hydrogens is 352 g/mol. The number of aromatic nitrogens is 1. The molecule has 0 aliphatic carbocycles. The Bertz CT molecular complexity index is 832. The molecule has 5 heteroatoms. The molecule has 2 aromatic carbocycles. The number of rotatable bonds is 2. The lowest BCUT2D eigenvalue weighted by molar-refractivity contribution is 0.481. The third-order valence-corrected chi connectivity index (χ3v) is 3.92. The van der Waals surface area contributed by atoms with E-state index < -0.39 is 0 Å². The van der Waals surface area contributed by atoms with Gasteiger partial charge in [0.05, 0.1) is 5.02 Å². The smallest absolute Gasteiger partial charge is 0.151 e. The minimum Gasteiger partial charge on any atom is -0.507 e. The van der Waals surface area contributed by atoms with E-state index in [1.54, 1.807) is 18.3 Å². The van der Waals surface area contributed by atoms with Crippen LogP contribution in [0, 0.1) is 0 Å². The van der Waals surface area contributed by atoms with Crippen molar-refractivity contribution >= 4 is 50.3 Å². The molecule has 21 heavy (non-hydrogen) atoms. The normalized spacial score (nSPS) is 11.3. The Morgan fingerprint density at radius 1 is 1.14 bits per heavy atom. The Kier molecular flexibility index (Phi) is 3.90. The molecule has 1 N–H and O–H groups in total. The van der Waals surface area contributed by atoms with Gasteiger partial charge in [0.2, 0.25) is 0 Å². The molecule has 0 spiro atoms. The highest BCUT2D eigenvalue weighted by molar-refractivity contribution is 9.10. The van der Waals surface area contributed by atoms with Gasteiger partial charge in [-0.3, -0.25) is 0 Å². The van der Waals surface area contributed by atoms with Gasteiger partial charge in [-0.25, -0.2) is 9.98 Å². The van der Waals surface area contributed by atoms with Gasteiger partial charge in [0.25, 0.3) is 0 Å². The minimum atomic E-state index is 0.200. The standard InChI is InChI=1S/C16H10BrClN2O/c17-14-7-10(8-19-15-6-5-11(18)9-20-15)16(21)13-4-2-1-3-12(13)14/h1-9,21H. The van der Waals surface area contributed by atoms with Crippen LogP contribution in [0.15, 0.2) is 58.1 Å². The number of aromatic hydroxyl groups is 1. The lowest BCUT2D eigenvalue weighted by Crippen LogP contribution is -1.86. The third-order valence-electron chi connectivity index (χ3n) is 3.04. The number of benzene rings is 2. The zero-order chi connectivity index (χ0) is 14.8. The van der Waals surface area contributed by atoms with Crippen LogP contribution in [-0.4, -0.2) is 16.3 Å². The van der Waals surface area contributed by atoms with Gasteiger partial charge in [0.1, 0.15) is 5.75 Å². The van der Waals surface area contributed by atoms with Crippen LogP contribution in [0.2, 0.25) is 5.02 Å². The highest BCUT2D eigenvalue weighted by Crippen LogP contribution is 2.33. The molecule has 0 radical (unpaired) electrons. The topological polar surface area (TPSA) is 45.5 Å². The molecular formula is C16H10BrClN2O. The van der Waals surface area contributed by atoms with Crippen LogP contribution in [0.4, 0.5) is 5.82 Å². The number of aliphatic imine (C=N–C) groups is 1. The van der Waals surface area contributed by atoms with Crippen molar-refractivity contribution in [2.75, 3.05) is 0 Å². The second-order valence-electron chi connectivity index (χ2n) is 4.43. The van der Waals surface area contributed by atoms with E-state index in [0.29, 0.717) is 16.4 Å². The molecule has 1 heterocycles. The summed E-state index contributed by atoms with van der Waals surface area (Å²) in [5.41, 5.74) is 0.623. The van der Waals surface area contributed by atoms with E-state index >= 15 is 0 Å². The van der Waals surface area contributed by atoms with E-state index in [9.17, 15) is 5.11 Å². The molecule has 0 atom stereocenters. The molecule has 3 nitrogen and oxygen atoms in total. The molecule has 0 saturated heterocycles. The quantitative estimate of drug-likeness (QED) is 0.645. The fourth-order valence-electron chi connectivity index (χ4n) is 2.01. The van der Waals surface area contributed by atoms with E-state index in [-0.39, 0.29) is 5.75 Å². The number of halogens is 2. The maximum Gasteiger partial charge on any atom is 0.151 e. The van der Waals surface area contributed by atoms with Gasteiger partial charge in [-0.05, 0) is 23.6 Å². The van der Waals surface area contributed by atoms with Gasteiger partial charge < -0.3 is 5.11 Å². The molecule has 1 aromatic heterocycles. The van der Waals surface area contributed by atoms with Crippen LogP contribution >= 0.6 is 27.5 Å². The molecule has 0 aliphatic heterocycles. The highest BCUT2D eigenvalue weighted by Gasteiger charge is 2.08. The summed E-state index contributed by atoms with van der Waals surface area (Å²) in [6.07, 6.45) is 3.12. The van der Waals surface area contributed by atoms with E-state index in [4.69, 9.17) is 11.6 Å². The molecule has 3 rings (SSSR count).